The molecule has 4 saturated heterocycles. The van der Waals surface area contributed by atoms with E-state index in [4.69, 9.17) is 39.9 Å². The molecule has 0 aromatic heterocycles. The van der Waals surface area contributed by atoms with E-state index in [1.54, 1.807) is 37.3 Å². The minimum Gasteiger partial charge on any atom is -0.463 e. The number of amides is 6. The highest BCUT2D eigenvalue weighted by atomic mass is 16.7. The Morgan fingerprint density at radius 1 is 0.622 bits per heavy atom. The first kappa shape index (κ1) is 76.1. The van der Waals surface area contributed by atoms with Crippen molar-refractivity contribution in [2.45, 2.75) is 198 Å². The lowest BCUT2D eigenvalue weighted by molar-refractivity contribution is -0.663. The molecular weight excluding hydrogens is 1300 g/mol. The van der Waals surface area contributed by atoms with Crippen molar-refractivity contribution in [2.75, 3.05) is 46.1 Å². The Morgan fingerprint density at radius 2 is 1.23 bits per heavy atom. The van der Waals surface area contributed by atoms with Gasteiger partial charge in [-0.3, -0.25) is 44.6 Å². The molecular formula is C60H89N12O26+. The summed E-state index contributed by atoms with van der Waals surface area (Å²) in [6.07, 6.45) is -29.7. The van der Waals surface area contributed by atoms with E-state index in [-0.39, 0.29) is 36.2 Å². The molecule has 0 radical (unpaired) electrons. The molecule has 0 saturated carbocycles. The van der Waals surface area contributed by atoms with Gasteiger partial charge in [-0.2, -0.15) is 0 Å². The number of guanidine groups is 2. The number of hydrogen-bond acceptors (Lipinski definition) is 31. The third kappa shape index (κ3) is 18.0. The third-order valence-electron chi connectivity index (χ3n) is 17.8. The molecule has 6 heterocycles. The maximum absolute atomic E-state index is 15.2. The molecule has 6 amide bonds. The van der Waals surface area contributed by atoms with E-state index in [0.717, 1.165) is 17.4 Å². The number of nitrogens with two attached hydrogens (primary N) is 2. The summed E-state index contributed by atoms with van der Waals surface area (Å²) in [6, 6.07) is 0.787. The van der Waals surface area contributed by atoms with Crippen LogP contribution in [0.4, 0.5) is 0 Å². The third-order valence-corrected chi connectivity index (χ3v) is 17.8. The number of benzene rings is 2. The Morgan fingerprint density at radius 3 is 1.89 bits per heavy atom. The van der Waals surface area contributed by atoms with Gasteiger partial charge in [0.05, 0.1) is 32.4 Å². The number of hydrogen-bond donors (Lipinski definition) is 23. The number of esters is 1. The molecule has 25 N–H and O–H groups in total. The fraction of sp³-hybridized carbons (Fsp3) is 0.650. The van der Waals surface area contributed by atoms with Crippen molar-refractivity contribution in [3.8, 4) is 5.75 Å². The van der Waals surface area contributed by atoms with E-state index in [1.165, 1.54) is 24.3 Å². The standard InChI is InChI=1S/C60H88N12O26/c1-3-4-6-11-36(77)93-23-34-43(81)45(83)48(86)58(97-34)98-50-33(22-75)96-57(49(87)46(50)84)94-27-14-12-25(13-15-27)16-28-52(89)70-38(40(78)29-17-64-59(61)68-29)55(92)71-39(41(79)31-18-65-60(62)72(31)56-47(85)44(82)42(80)32(21-74)95-56)54(91)67-30(20-73)51(88)63-19-35(76)69-37(53(90)66-28)24(2)26-9-7-5-8-10-26/h5,7-10,12-15,24,28-34,37-50,56-58,73-75,78-87H,3-4,6,11,16-23H2,1-2H3,(H11,61,62,63,64,65,66,67,68,69,70,71,76,88,89,90,91,92)/p+1/t24-,28-,29+,30?,31+,32+,33-,34+,37-,38+,39-,40-,41-,42+,43+,44+,45+,46+,47+,48+,49-,50-,56-,57+,58+/m1/s1. The number of carbonyl (C=O) groups is 7. The SMILES string of the molecule is CCCCCC(=O)OC[C@@H]1O[C@@H](O[C@H]2[C@@H](O)[C@@H](O)[C@@H](Oc3ccc(C[C@H]4NC(=O)[C@@H]([C@H](C)c5ccccc5)NC(=O)CNC(=O)C(CO)NC(=O)[C@@H]([C@H](O)[C@@H]5CNC(N)=[N+]5[C@@H]5O[C@@H](CO)[C@H](O)[C@H](O)[C@@H]5O)NC(=O)[C@H]([C@H](O)[C@@H]5CNC(N)=N5)NC4=O)cc3)O[C@@H]2CO)[C@@H](O)[C@@H](O)[C@H]1O. The number of carbonyl (C=O) groups excluding carboxylic acids is 7. The van der Waals surface area contributed by atoms with Crippen LogP contribution in [0.15, 0.2) is 59.6 Å². The summed E-state index contributed by atoms with van der Waals surface area (Å²) in [5.41, 5.74) is 12.9. The van der Waals surface area contributed by atoms with Crippen LogP contribution >= 0.6 is 0 Å². The molecule has 6 aliphatic rings. The molecule has 6 aliphatic heterocycles. The number of nitrogens with zero attached hydrogens (tertiary/aromatic N) is 2. The summed E-state index contributed by atoms with van der Waals surface area (Å²) in [5, 5.41) is 163. The van der Waals surface area contributed by atoms with Crippen LogP contribution in [0.1, 0.15) is 56.6 Å². The fourth-order valence-electron chi connectivity index (χ4n) is 12.0. The van der Waals surface area contributed by atoms with Crippen LogP contribution in [0.25, 0.3) is 0 Å². The van der Waals surface area contributed by atoms with Gasteiger partial charge in [-0.25, -0.2) is 9.57 Å². The molecule has 25 atom stereocenters. The van der Waals surface area contributed by atoms with Gasteiger partial charge >= 0.3 is 11.9 Å². The number of aliphatic hydroxyl groups is 13. The monoisotopic (exact) mass is 1390 g/mol. The van der Waals surface area contributed by atoms with Crippen LogP contribution in [-0.2, 0) is 63.7 Å². The average molecular weight is 1390 g/mol. The zero-order valence-corrected chi connectivity index (χ0v) is 53.3. The first-order valence-corrected chi connectivity index (χ1v) is 31.9. The second kappa shape index (κ2) is 34.4. The number of rotatable bonds is 22. The predicted octanol–water partition coefficient (Wildman–Crippen LogP) is -12.2. The van der Waals surface area contributed by atoms with Crippen molar-refractivity contribution in [1.29, 1.82) is 0 Å². The van der Waals surface area contributed by atoms with Gasteiger partial charge < -0.3 is 138 Å². The minimum atomic E-state index is -2.34. The van der Waals surface area contributed by atoms with Crippen molar-refractivity contribution in [3.63, 3.8) is 0 Å². The molecule has 98 heavy (non-hydrogen) atoms. The zero-order valence-electron chi connectivity index (χ0n) is 53.3. The van der Waals surface area contributed by atoms with E-state index in [2.05, 4.69) is 47.5 Å². The lowest BCUT2D eigenvalue weighted by atomic mass is 9.92. The summed E-state index contributed by atoms with van der Waals surface area (Å²) in [6.45, 7) is -1.60. The van der Waals surface area contributed by atoms with Gasteiger partial charge in [0.1, 0.15) is 141 Å². The van der Waals surface area contributed by atoms with Crippen molar-refractivity contribution in [1.82, 2.24) is 42.5 Å². The molecule has 2 aromatic rings. The quantitative estimate of drug-likeness (QED) is 0.0296. The number of aliphatic imine (C=N–C) groups is 1. The van der Waals surface area contributed by atoms with Crippen LogP contribution in [0.3, 0.4) is 0 Å². The smallest absolute Gasteiger partial charge is 0.346 e. The fourth-order valence-corrected chi connectivity index (χ4v) is 12.0. The molecule has 0 aliphatic carbocycles. The first-order valence-electron chi connectivity index (χ1n) is 31.9. The number of ether oxygens (including phenoxy) is 6. The summed E-state index contributed by atoms with van der Waals surface area (Å²) in [4.78, 5) is 104. The number of nitrogens with one attached hydrogen (secondary N) is 8. The molecule has 38 nitrogen and oxygen atoms in total. The number of aliphatic hydroxyl groups excluding tert-OH is 13. The maximum Gasteiger partial charge on any atom is 0.346 e. The van der Waals surface area contributed by atoms with Crippen LogP contribution < -0.4 is 58.7 Å². The molecule has 1 unspecified atom stereocenters. The summed E-state index contributed by atoms with van der Waals surface area (Å²) in [7, 11) is 0. The van der Waals surface area contributed by atoms with Gasteiger partial charge in [0.15, 0.2) is 12.2 Å². The van der Waals surface area contributed by atoms with Crippen LogP contribution in [0, 0.1) is 0 Å². The molecule has 544 valence electrons. The first-order chi connectivity index (χ1) is 46.7. The van der Waals surface area contributed by atoms with E-state index >= 15 is 9.59 Å². The Hall–Kier alpha value is -7.61. The summed E-state index contributed by atoms with van der Waals surface area (Å²) < 4.78 is 35.1. The van der Waals surface area contributed by atoms with Crippen molar-refractivity contribution >= 4 is 53.3 Å². The van der Waals surface area contributed by atoms with Crippen molar-refractivity contribution < 1.29 is 133 Å². The van der Waals surface area contributed by atoms with E-state index in [0.29, 0.717) is 12.0 Å². The van der Waals surface area contributed by atoms with Crippen LogP contribution in [0.5, 0.6) is 5.75 Å². The van der Waals surface area contributed by atoms with E-state index < -0.39 is 240 Å². The van der Waals surface area contributed by atoms with Crippen molar-refractivity contribution in [2.24, 2.45) is 16.5 Å². The molecule has 2 aromatic carbocycles. The van der Waals surface area contributed by atoms with Gasteiger partial charge in [-0.15, -0.1) is 0 Å². The predicted molar refractivity (Wildman–Crippen MR) is 330 cm³/mol. The topological polar surface area (TPSA) is 602 Å². The lowest BCUT2D eigenvalue weighted by Crippen LogP contribution is -2.68. The second-order valence-electron chi connectivity index (χ2n) is 24.6. The summed E-state index contributed by atoms with van der Waals surface area (Å²) in [5.74, 6) is -9.50. The molecule has 0 spiro atoms. The Bertz CT molecular complexity index is 3120. The second-order valence-corrected chi connectivity index (χ2v) is 24.6. The maximum atomic E-state index is 15.2. The zero-order chi connectivity index (χ0) is 71.4. The normalized spacial score (nSPS) is 35.6. The molecule has 4 fully saturated rings. The minimum absolute atomic E-state index is 0.0695. The van der Waals surface area contributed by atoms with Crippen LogP contribution in [0.2, 0.25) is 0 Å². The van der Waals surface area contributed by atoms with Gasteiger partial charge in [0.2, 0.25) is 48.0 Å². The highest BCUT2D eigenvalue weighted by Gasteiger charge is 2.55. The highest BCUT2D eigenvalue weighted by Crippen LogP contribution is 2.32. The Kier molecular flexibility index (Phi) is 26.8. The van der Waals surface area contributed by atoms with Gasteiger partial charge in [-0.1, -0.05) is 69.2 Å². The van der Waals surface area contributed by atoms with Crippen LogP contribution in [-0.4, -0.2) is 317 Å². The Labute approximate surface area is 559 Å². The van der Waals surface area contributed by atoms with E-state index in [1.807, 2.05) is 6.92 Å². The Balaban J connectivity index is 1.08. The average Bonchev–Trinajstić information content (AvgIpc) is 1.43. The van der Waals surface area contributed by atoms with Gasteiger partial charge in [-0.05, 0) is 29.7 Å². The molecule has 8 rings (SSSR count). The molecule has 38 heteroatoms. The van der Waals surface area contributed by atoms with Gasteiger partial charge in [0, 0.05) is 25.3 Å². The highest BCUT2D eigenvalue weighted by molar-refractivity contribution is 5.98. The number of unbranched alkanes of at least 4 members (excludes halogenated alkanes) is 2. The lowest BCUT2D eigenvalue weighted by Gasteiger charge is -2.45. The summed E-state index contributed by atoms with van der Waals surface area (Å²) >= 11 is 0. The largest absolute Gasteiger partial charge is 0.463 e. The molecule has 0 bridgehead atoms. The van der Waals surface area contributed by atoms with E-state index in [9.17, 15) is 90.4 Å². The van der Waals surface area contributed by atoms with Crippen molar-refractivity contribution in [3.05, 3.63) is 65.7 Å². The van der Waals surface area contributed by atoms with Gasteiger partial charge in [0.25, 0.3) is 0 Å².